The van der Waals surface area contributed by atoms with E-state index in [9.17, 15) is 18.3 Å². The van der Waals surface area contributed by atoms with E-state index in [1.807, 2.05) is 25.1 Å². The molecule has 0 aliphatic carbocycles. The Labute approximate surface area is 206 Å². The van der Waals surface area contributed by atoms with E-state index in [2.05, 4.69) is 20.9 Å². The zero-order valence-electron chi connectivity index (χ0n) is 19.7. The maximum absolute atomic E-state index is 14.4. The summed E-state index contributed by atoms with van der Waals surface area (Å²) in [7, 11) is 0. The zero-order chi connectivity index (χ0) is 24.6. The smallest absolute Gasteiger partial charge is 0.283 e. The Morgan fingerprint density at radius 2 is 2.14 bits per heavy atom. The van der Waals surface area contributed by atoms with E-state index in [0.29, 0.717) is 22.9 Å². The highest BCUT2D eigenvalue weighted by atomic mass is 32.1. The molecule has 0 amide bonds. The minimum atomic E-state index is -3.22. The van der Waals surface area contributed by atoms with Crippen molar-refractivity contribution >= 4 is 22.2 Å². The topological polar surface area (TPSA) is 64.6 Å². The van der Waals surface area contributed by atoms with Crippen LogP contribution in [0.15, 0.2) is 30.5 Å². The Kier molecular flexibility index (Phi) is 7.07. The lowest BCUT2D eigenvalue weighted by molar-refractivity contribution is -0.0864. The molecule has 0 bridgehead atoms. The monoisotopic (exact) mass is 508 g/mol. The van der Waals surface area contributed by atoms with Gasteiger partial charge in [0.2, 0.25) is 0 Å². The highest BCUT2D eigenvalue weighted by Crippen LogP contribution is 2.44. The van der Waals surface area contributed by atoms with Gasteiger partial charge in [0.25, 0.3) is 5.92 Å². The zero-order valence-corrected chi connectivity index (χ0v) is 20.5. The maximum Gasteiger partial charge on any atom is 0.283 e. The van der Waals surface area contributed by atoms with Gasteiger partial charge in [0.15, 0.2) is 5.06 Å². The summed E-state index contributed by atoms with van der Waals surface area (Å²) in [6.07, 6.45) is 3.70. The molecule has 2 N–H and O–H groups in total. The largest absolute Gasteiger partial charge is 0.478 e. The standard InChI is InChI=1S/C25H31F3N4O2S/c1-16-11-19-18-5-2-3-6-20(18)30-22(19)23(32(16)14-25(27,28)15-33)24-29-12-21(35-24)34-17-7-10-31(13-17)9-4-8-26/h2-3,5-6,12,16-17,23,30,33H,4,7-11,13-15H2,1H3/t16-,17-,23+/m1/s1. The number of nitrogens with zero attached hydrogens (tertiary/aromatic N) is 3. The van der Waals surface area contributed by atoms with Crippen LogP contribution >= 0.6 is 11.3 Å². The normalized spacial score (nSPS) is 23.7. The number of aromatic nitrogens is 2. The molecule has 0 radical (unpaired) electrons. The van der Waals surface area contributed by atoms with Crippen LogP contribution in [0.5, 0.6) is 5.06 Å². The van der Waals surface area contributed by atoms with Gasteiger partial charge in [-0.05, 0) is 37.8 Å². The van der Waals surface area contributed by atoms with E-state index in [1.165, 1.54) is 11.3 Å². The molecule has 1 fully saturated rings. The molecule has 3 atom stereocenters. The number of benzene rings is 1. The number of thiazole rings is 1. The number of fused-ring (bicyclic) bond motifs is 3. The number of alkyl halides is 3. The van der Waals surface area contributed by atoms with Crippen LogP contribution in [-0.2, 0) is 6.42 Å². The number of nitrogens with one attached hydrogen (secondary N) is 1. The van der Waals surface area contributed by atoms with Crippen LogP contribution in [0, 0.1) is 0 Å². The quantitative estimate of drug-likeness (QED) is 0.449. The third kappa shape index (κ3) is 5.07. The van der Waals surface area contributed by atoms with Gasteiger partial charge in [-0.1, -0.05) is 29.5 Å². The minimum Gasteiger partial charge on any atom is -0.478 e. The van der Waals surface area contributed by atoms with Crippen molar-refractivity contribution in [1.29, 1.82) is 0 Å². The van der Waals surface area contributed by atoms with Crippen LogP contribution in [0.2, 0.25) is 0 Å². The average Bonchev–Trinajstić information content (AvgIpc) is 3.57. The number of H-pyrrole nitrogens is 1. The molecule has 10 heteroatoms. The van der Waals surface area contributed by atoms with Gasteiger partial charge < -0.3 is 14.8 Å². The Hall–Kier alpha value is -2.14. The first-order valence-electron chi connectivity index (χ1n) is 12.1. The molecular weight excluding hydrogens is 477 g/mol. The van der Waals surface area contributed by atoms with Crippen molar-refractivity contribution in [2.45, 2.75) is 50.3 Å². The molecule has 0 unspecified atom stereocenters. The summed E-state index contributed by atoms with van der Waals surface area (Å²) in [4.78, 5) is 12.0. The number of hydrogen-bond donors (Lipinski definition) is 2. The number of rotatable bonds is 9. The second-order valence-electron chi connectivity index (χ2n) is 9.59. The fourth-order valence-electron chi connectivity index (χ4n) is 5.33. The number of halogens is 3. The third-order valence-corrected chi connectivity index (χ3v) is 7.96. The molecule has 190 valence electrons. The predicted octanol–water partition coefficient (Wildman–Crippen LogP) is 4.40. The molecule has 1 aromatic carbocycles. The van der Waals surface area contributed by atoms with E-state index >= 15 is 0 Å². The van der Waals surface area contributed by atoms with E-state index in [4.69, 9.17) is 4.74 Å². The van der Waals surface area contributed by atoms with Crippen molar-refractivity contribution in [3.63, 3.8) is 0 Å². The van der Waals surface area contributed by atoms with Crippen molar-refractivity contribution in [3.8, 4) is 5.06 Å². The summed E-state index contributed by atoms with van der Waals surface area (Å²) in [5.74, 6) is -3.22. The third-order valence-electron chi connectivity index (χ3n) is 7.02. The second kappa shape index (κ2) is 10.1. The summed E-state index contributed by atoms with van der Waals surface area (Å²) in [5, 5.41) is 11.7. The summed E-state index contributed by atoms with van der Waals surface area (Å²) in [5.41, 5.74) is 2.97. The van der Waals surface area contributed by atoms with Crippen LogP contribution in [0.4, 0.5) is 13.2 Å². The molecule has 0 saturated carbocycles. The van der Waals surface area contributed by atoms with Gasteiger partial charge in [-0.2, -0.15) is 0 Å². The molecule has 2 aromatic heterocycles. The first-order chi connectivity index (χ1) is 16.9. The van der Waals surface area contributed by atoms with Crippen molar-refractivity contribution in [3.05, 3.63) is 46.7 Å². The van der Waals surface area contributed by atoms with Gasteiger partial charge in [0, 0.05) is 42.3 Å². The lowest BCUT2D eigenvalue weighted by Gasteiger charge is -2.41. The lowest BCUT2D eigenvalue weighted by atomic mass is 9.92. The molecular formula is C25H31F3N4O2S. The highest BCUT2D eigenvalue weighted by molar-refractivity contribution is 7.13. The van der Waals surface area contributed by atoms with Crippen LogP contribution in [0.25, 0.3) is 10.9 Å². The highest BCUT2D eigenvalue weighted by Gasteiger charge is 2.42. The van der Waals surface area contributed by atoms with E-state index in [0.717, 1.165) is 48.2 Å². The molecule has 1 saturated heterocycles. The number of para-hydroxylation sites is 1. The van der Waals surface area contributed by atoms with Gasteiger partial charge in [0.05, 0.1) is 19.4 Å². The fourth-order valence-corrected chi connectivity index (χ4v) is 6.30. The molecule has 5 rings (SSSR count). The number of likely N-dealkylation sites (tertiary alicyclic amines) is 1. The number of ether oxygens (including phenoxy) is 1. The number of aliphatic hydroxyl groups is 1. The van der Waals surface area contributed by atoms with Crippen LogP contribution in [0.1, 0.15) is 42.1 Å². The maximum atomic E-state index is 14.4. The van der Waals surface area contributed by atoms with E-state index in [-0.39, 0.29) is 18.8 Å². The lowest BCUT2D eigenvalue weighted by Crippen LogP contribution is -2.49. The molecule has 0 spiro atoms. The van der Waals surface area contributed by atoms with Crippen molar-refractivity contribution in [2.24, 2.45) is 0 Å². The van der Waals surface area contributed by atoms with Crippen LogP contribution in [-0.4, -0.2) is 82.4 Å². The predicted molar refractivity (Wildman–Crippen MR) is 130 cm³/mol. The SMILES string of the molecule is C[C@@H]1Cc2c([nH]c3ccccc23)[C@@H](c2ncc(O[C@@H]3CCN(CCCF)C3)s2)N1CC(F)(F)CO. The first kappa shape index (κ1) is 24.5. The van der Waals surface area contributed by atoms with Gasteiger partial charge in [-0.15, -0.1) is 0 Å². The number of aliphatic hydroxyl groups excluding tert-OH is 1. The van der Waals surface area contributed by atoms with Crippen molar-refractivity contribution in [2.75, 3.05) is 39.5 Å². The molecule has 35 heavy (non-hydrogen) atoms. The average molecular weight is 509 g/mol. The van der Waals surface area contributed by atoms with Gasteiger partial charge >= 0.3 is 0 Å². The van der Waals surface area contributed by atoms with Crippen LogP contribution in [0.3, 0.4) is 0 Å². The fraction of sp³-hybridized carbons (Fsp3) is 0.560. The minimum absolute atomic E-state index is 0.00616. The Morgan fingerprint density at radius 3 is 2.94 bits per heavy atom. The Morgan fingerprint density at radius 1 is 1.31 bits per heavy atom. The molecule has 2 aliphatic rings. The first-order valence-corrected chi connectivity index (χ1v) is 12.9. The van der Waals surface area contributed by atoms with E-state index in [1.54, 1.807) is 11.1 Å². The summed E-state index contributed by atoms with van der Waals surface area (Å²) in [6.45, 7) is 2.21. The second-order valence-corrected chi connectivity index (χ2v) is 10.6. The van der Waals surface area contributed by atoms with Gasteiger partial charge in [-0.25, -0.2) is 13.8 Å². The molecule has 4 heterocycles. The Bertz CT molecular complexity index is 1150. The summed E-state index contributed by atoms with van der Waals surface area (Å²) in [6, 6.07) is 7.32. The van der Waals surface area contributed by atoms with Crippen molar-refractivity contribution in [1.82, 2.24) is 19.8 Å². The number of aromatic amines is 1. The number of hydrogen-bond acceptors (Lipinski definition) is 6. The van der Waals surface area contributed by atoms with Crippen LogP contribution < -0.4 is 4.74 Å². The van der Waals surface area contributed by atoms with Gasteiger partial charge in [-0.3, -0.25) is 14.2 Å². The van der Waals surface area contributed by atoms with Crippen molar-refractivity contribution < 1.29 is 23.0 Å². The van der Waals surface area contributed by atoms with Gasteiger partial charge in [0.1, 0.15) is 23.8 Å². The van der Waals surface area contributed by atoms with E-state index < -0.39 is 25.1 Å². The molecule has 6 nitrogen and oxygen atoms in total. The molecule has 3 aromatic rings. The molecule has 2 aliphatic heterocycles. The summed E-state index contributed by atoms with van der Waals surface area (Å²) >= 11 is 1.38. The summed E-state index contributed by atoms with van der Waals surface area (Å²) < 4.78 is 47.5. The Balaban J connectivity index is 1.44.